The Balaban J connectivity index is 2.18. The van der Waals surface area contributed by atoms with E-state index in [0.29, 0.717) is 6.42 Å². The van der Waals surface area contributed by atoms with Crippen LogP contribution in [0.4, 0.5) is 0 Å². The second-order valence-electron chi connectivity index (χ2n) is 3.26. The van der Waals surface area contributed by atoms with Crippen molar-refractivity contribution in [2.75, 3.05) is 0 Å². The van der Waals surface area contributed by atoms with E-state index < -0.39 is 0 Å². The highest BCUT2D eigenvalue weighted by molar-refractivity contribution is 5.49. The van der Waals surface area contributed by atoms with Gasteiger partial charge in [0.25, 0.3) is 0 Å². The molecule has 1 nitrogen and oxygen atoms in total. The average molecular weight is 188 g/mol. The first-order valence-electron chi connectivity index (χ1n) is 5.08. The van der Waals surface area contributed by atoms with E-state index in [1.165, 1.54) is 5.56 Å². The van der Waals surface area contributed by atoms with Gasteiger partial charge in [-0.15, -0.1) is 0 Å². The zero-order valence-corrected chi connectivity index (χ0v) is 8.36. The zero-order chi connectivity index (χ0) is 10.1. The van der Waals surface area contributed by atoms with Crippen molar-refractivity contribution in [2.45, 2.75) is 25.7 Å². The summed E-state index contributed by atoms with van der Waals surface area (Å²) in [6.07, 6.45) is 9.13. The lowest BCUT2D eigenvalue weighted by atomic mass is 10.1. The molecule has 0 atom stereocenters. The molecular formula is C13H16O. The average Bonchev–Trinajstić information content (AvgIpc) is 2.25. The van der Waals surface area contributed by atoms with Gasteiger partial charge in [-0.3, -0.25) is 0 Å². The van der Waals surface area contributed by atoms with Crippen molar-refractivity contribution in [2.24, 2.45) is 0 Å². The van der Waals surface area contributed by atoms with Crippen LogP contribution >= 0.6 is 0 Å². The lowest BCUT2D eigenvalue weighted by Gasteiger charge is -1.92. The predicted molar refractivity (Wildman–Crippen MR) is 60.0 cm³/mol. The molecule has 1 heteroatoms. The molecule has 0 aromatic heterocycles. The summed E-state index contributed by atoms with van der Waals surface area (Å²) in [6, 6.07) is 10.3. The molecule has 0 aliphatic rings. The monoisotopic (exact) mass is 188 g/mol. The van der Waals surface area contributed by atoms with Crippen molar-refractivity contribution in [3.63, 3.8) is 0 Å². The van der Waals surface area contributed by atoms with Crippen LogP contribution in [-0.2, 0) is 4.79 Å². The summed E-state index contributed by atoms with van der Waals surface area (Å²) in [6.45, 7) is 0. The molecule has 1 aromatic carbocycles. The van der Waals surface area contributed by atoms with Crippen LogP contribution in [-0.4, -0.2) is 6.29 Å². The topological polar surface area (TPSA) is 17.1 Å². The van der Waals surface area contributed by atoms with Gasteiger partial charge < -0.3 is 4.79 Å². The summed E-state index contributed by atoms with van der Waals surface area (Å²) in [7, 11) is 0. The van der Waals surface area contributed by atoms with Crippen molar-refractivity contribution < 1.29 is 4.79 Å². The van der Waals surface area contributed by atoms with Gasteiger partial charge in [0, 0.05) is 6.42 Å². The lowest BCUT2D eigenvalue weighted by Crippen LogP contribution is -1.76. The number of allylic oxidation sites excluding steroid dienone is 1. The molecular weight excluding hydrogens is 172 g/mol. The molecule has 0 spiro atoms. The van der Waals surface area contributed by atoms with E-state index in [1.807, 2.05) is 18.2 Å². The number of benzene rings is 1. The summed E-state index contributed by atoms with van der Waals surface area (Å²) in [5.74, 6) is 0. The van der Waals surface area contributed by atoms with Gasteiger partial charge in [-0.25, -0.2) is 0 Å². The third-order valence-electron chi connectivity index (χ3n) is 2.05. The molecule has 0 unspecified atom stereocenters. The third kappa shape index (κ3) is 4.61. The molecule has 14 heavy (non-hydrogen) atoms. The number of aldehydes is 1. The Bertz CT molecular complexity index is 275. The molecule has 0 aliphatic carbocycles. The van der Waals surface area contributed by atoms with E-state index >= 15 is 0 Å². The smallest absolute Gasteiger partial charge is 0.119 e. The summed E-state index contributed by atoms with van der Waals surface area (Å²) in [5, 5.41) is 0. The summed E-state index contributed by atoms with van der Waals surface area (Å²) in [4.78, 5) is 10.0. The first-order valence-corrected chi connectivity index (χ1v) is 5.08. The van der Waals surface area contributed by atoms with Crippen molar-refractivity contribution in [1.82, 2.24) is 0 Å². The van der Waals surface area contributed by atoms with E-state index in [2.05, 4.69) is 24.3 Å². The van der Waals surface area contributed by atoms with Gasteiger partial charge in [-0.05, 0) is 24.8 Å². The molecule has 0 amide bonds. The van der Waals surface area contributed by atoms with E-state index in [9.17, 15) is 4.79 Å². The van der Waals surface area contributed by atoms with E-state index in [0.717, 1.165) is 25.5 Å². The van der Waals surface area contributed by atoms with Crippen LogP contribution in [0.2, 0.25) is 0 Å². The Morgan fingerprint density at radius 3 is 2.43 bits per heavy atom. The van der Waals surface area contributed by atoms with Crippen LogP contribution in [0, 0.1) is 0 Å². The molecule has 0 fully saturated rings. The van der Waals surface area contributed by atoms with Crippen LogP contribution in [0.25, 0.3) is 6.08 Å². The van der Waals surface area contributed by atoms with E-state index in [1.54, 1.807) is 0 Å². The number of rotatable bonds is 6. The molecule has 0 saturated heterocycles. The van der Waals surface area contributed by atoms with Crippen LogP contribution in [0.1, 0.15) is 31.2 Å². The van der Waals surface area contributed by atoms with Gasteiger partial charge in [0.15, 0.2) is 0 Å². The van der Waals surface area contributed by atoms with Gasteiger partial charge in [-0.1, -0.05) is 42.5 Å². The highest BCUT2D eigenvalue weighted by Gasteiger charge is 1.85. The van der Waals surface area contributed by atoms with Crippen LogP contribution in [0.3, 0.4) is 0 Å². The number of unbranched alkanes of at least 4 members (excludes halogenated alkanes) is 3. The number of hydrogen-bond donors (Lipinski definition) is 0. The van der Waals surface area contributed by atoms with Crippen molar-refractivity contribution >= 4 is 12.4 Å². The lowest BCUT2D eigenvalue weighted by molar-refractivity contribution is -0.107. The molecule has 0 heterocycles. The number of carbonyl (C=O) groups is 1. The first-order chi connectivity index (χ1) is 6.93. The van der Waals surface area contributed by atoms with E-state index in [-0.39, 0.29) is 0 Å². The standard InChI is InChI=1S/C13H16O/c14-12-8-3-1-2-5-9-13-10-6-4-7-11-13/h4-7,9-12H,1-3,8H2. The summed E-state index contributed by atoms with van der Waals surface area (Å²) in [5.41, 5.74) is 1.24. The number of hydrogen-bond acceptors (Lipinski definition) is 1. The Kier molecular flexibility index (Phi) is 5.41. The first kappa shape index (κ1) is 10.7. The van der Waals surface area contributed by atoms with Crippen LogP contribution in [0.15, 0.2) is 36.4 Å². The molecule has 74 valence electrons. The molecule has 1 rings (SSSR count). The van der Waals surface area contributed by atoms with Crippen molar-refractivity contribution in [1.29, 1.82) is 0 Å². The highest BCUT2D eigenvalue weighted by Crippen LogP contribution is 2.04. The molecule has 0 N–H and O–H groups in total. The maximum absolute atomic E-state index is 10.0. The second-order valence-corrected chi connectivity index (χ2v) is 3.26. The zero-order valence-electron chi connectivity index (χ0n) is 8.36. The molecule has 0 radical (unpaired) electrons. The quantitative estimate of drug-likeness (QED) is 0.493. The Morgan fingerprint density at radius 1 is 1.00 bits per heavy atom. The fraction of sp³-hybridized carbons (Fsp3) is 0.308. The SMILES string of the molecule is O=CCCCCC=Cc1ccccc1. The van der Waals surface area contributed by atoms with Crippen molar-refractivity contribution in [3.8, 4) is 0 Å². The summed E-state index contributed by atoms with van der Waals surface area (Å²) < 4.78 is 0. The normalized spacial score (nSPS) is 10.6. The minimum Gasteiger partial charge on any atom is -0.303 e. The Morgan fingerprint density at radius 2 is 1.71 bits per heavy atom. The maximum atomic E-state index is 10.0. The third-order valence-corrected chi connectivity index (χ3v) is 2.05. The minimum absolute atomic E-state index is 0.694. The van der Waals surface area contributed by atoms with E-state index in [4.69, 9.17) is 0 Å². The number of carbonyl (C=O) groups excluding carboxylic acids is 1. The molecule has 1 aromatic rings. The van der Waals surface area contributed by atoms with Gasteiger partial charge in [-0.2, -0.15) is 0 Å². The predicted octanol–water partition coefficient (Wildman–Crippen LogP) is 3.46. The fourth-order valence-electron chi connectivity index (χ4n) is 1.27. The molecule has 0 saturated carbocycles. The van der Waals surface area contributed by atoms with Crippen molar-refractivity contribution in [3.05, 3.63) is 42.0 Å². The second kappa shape index (κ2) is 7.07. The largest absolute Gasteiger partial charge is 0.303 e. The summed E-state index contributed by atoms with van der Waals surface area (Å²) >= 11 is 0. The molecule has 0 aliphatic heterocycles. The van der Waals surface area contributed by atoms with Crippen LogP contribution in [0.5, 0.6) is 0 Å². The van der Waals surface area contributed by atoms with Crippen LogP contribution < -0.4 is 0 Å². The maximum Gasteiger partial charge on any atom is 0.119 e. The Labute approximate surface area is 85.5 Å². The van der Waals surface area contributed by atoms with Gasteiger partial charge in [0.2, 0.25) is 0 Å². The highest BCUT2D eigenvalue weighted by atomic mass is 16.1. The fourth-order valence-corrected chi connectivity index (χ4v) is 1.27. The minimum atomic E-state index is 0.694. The Hall–Kier alpha value is -1.37. The van der Waals surface area contributed by atoms with Gasteiger partial charge in [0.1, 0.15) is 6.29 Å². The van der Waals surface area contributed by atoms with Gasteiger partial charge >= 0.3 is 0 Å². The van der Waals surface area contributed by atoms with Gasteiger partial charge in [0.05, 0.1) is 0 Å². The molecule has 0 bridgehead atoms.